The standard InChI is InChI=1S/C14H17O3.3C4H9.Sn/c1-4-10-14(2,3)13(16)17-12(15)11-8-6-5-7-9-11;3*1-3-4-2;/h5-9H,2,4,10H2,1,3H3;3*1,3-4H2,2H3;. The Kier molecular flexibility index (Phi) is 12.9. The van der Waals surface area contributed by atoms with Crippen molar-refractivity contribution in [3.8, 4) is 0 Å². The minimum atomic E-state index is -2.55. The summed E-state index contributed by atoms with van der Waals surface area (Å²) < 4.78 is 10.6. The van der Waals surface area contributed by atoms with Gasteiger partial charge in [0.1, 0.15) is 0 Å². The third kappa shape index (κ3) is 8.72. The SMILES string of the molecule is CCC[CH2][Sn]([CH2]CCC)([CH2]CCC)[CH2]C(C)(CCC)C(=O)OC(=O)c1ccccc1. The van der Waals surface area contributed by atoms with E-state index in [2.05, 4.69) is 34.6 Å². The van der Waals surface area contributed by atoms with Gasteiger partial charge in [0.05, 0.1) is 0 Å². The number of esters is 2. The molecule has 0 aliphatic rings. The molecule has 1 aromatic rings. The molecular formula is C26H44O3Sn. The van der Waals surface area contributed by atoms with Crippen molar-refractivity contribution in [2.45, 2.75) is 104 Å². The van der Waals surface area contributed by atoms with Crippen molar-refractivity contribution >= 4 is 30.3 Å². The summed E-state index contributed by atoms with van der Waals surface area (Å²) in [4.78, 5) is 25.9. The van der Waals surface area contributed by atoms with Gasteiger partial charge in [0.25, 0.3) is 0 Å². The van der Waals surface area contributed by atoms with Crippen LogP contribution in [-0.4, -0.2) is 30.3 Å². The van der Waals surface area contributed by atoms with E-state index in [1.54, 1.807) is 24.3 Å². The van der Waals surface area contributed by atoms with E-state index >= 15 is 0 Å². The van der Waals surface area contributed by atoms with Gasteiger partial charge >= 0.3 is 190 Å². The second-order valence-corrected chi connectivity index (χ2v) is 23.2. The molecule has 1 rings (SSSR count). The quantitative estimate of drug-likeness (QED) is 0.133. The number of unbranched alkanes of at least 4 members (excludes halogenated alkanes) is 3. The Hall–Kier alpha value is -0.841. The molecule has 0 aliphatic heterocycles. The number of hydrogen-bond acceptors (Lipinski definition) is 3. The van der Waals surface area contributed by atoms with Crippen LogP contribution in [0.1, 0.15) is 96.3 Å². The van der Waals surface area contributed by atoms with E-state index < -0.39 is 29.8 Å². The molecule has 0 aromatic heterocycles. The molecule has 30 heavy (non-hydrogen) atoms. The van der Waals surface area contributed by atoms with Crippen LogP contribution in [0.3, 0.4) is 0 Å². The molecule has 0 saturated carbocycles. The summed E-state index contributed by atoms with van der Waals surface area (Å²) >= 11 is -2.55. The van der Waals surface area contributed by atoms with Gasteiger partial charge in [0.2, 0.25) is 0 Å². The average molecular weight is 523 g/mol. The summed E-state index contributed by atoms with van der Waals surface area (Å²) in [6, 6.07) is 8.87. The molecule has 170 valence electrons. The molecule has 0 saturated heterocycles. The van der Waals surface area contributed by atoms with Gasteiger partial charge in [-0.3, -0.25) is 0 Å². The number of hydrogen-bond donors (Lipinski definition) is 0. The molecule has 0 heterocycles. The molecule has 4 heteroatoms. The number of ether oxygens (including phenoxy) is 1. The molecule has 1 atom stereocenters. The van der Waals surface area contributed by atoms with Crippen LogP contribution in [0.15, 0.2) is 30.3 Å². The number of carbonyl (C=O) groups is 2. The second-order valence-electron chi connectivity index (χ2n) is 9.34. The Morgan fingerprint density at radius 2 is 1.33 bits per heavy atom. The predicted molar refractivity (Wildman–Crippen MR) is 130 cm³/mol. The number of rotatable bonds is 15. The normalized spacial score (nSPS) is 13.6. The Labute approximate surface area is 189 Å². The van der Waals surface area contributed by atoms with E-state index in [1.165, 1.54) is 51.8 Å². The fraction of sp³-hybridized carbons (Fsp3) is 0.692. The van der Waals surface area contributed by atoms with Crippen molar-refractivity contribution in [1.29, 1.82) is 0 Å². The monoisotopic (exact) mass is 524 g/mol. The maximum atomic E-state index is 13.3. The number of benzene rings is 1. The molecule has 0 N–H and O–H groups in total. The van der Waals surface area contributed by atoms with Crippen LogP contribution in [0.2, 0.25) is 17.7 Å². The van der Waals surface area contributed by atoms with Crippen LogP contribution in [0.5, 0.6) is 0 Å². The first kappa shape index (κ1) is 27.2. The zero-order chi connectivity index (χ0) is 22.5. The summed E-state index contributed by atoms with van der Waals surface area (Å²) in [5.41, 5.74) is -0.0905. The van der Waals surface area contributed by atoms with Crippen molar-refractivity contribution < 1.29 is 14.3 Å². The first-order valence-electron chi connectivity index (χ1n) is 12.2. The van der Waals surface area contributed by atoms with Gasteiger partial charge in [-0.2, -0.15) is 0 Å². The van der Waals surface area contributed by atoms with Crippen LogP contribution in [0, 0.1) is 5.41 Å². The van der Waals surface area contributed by atoms with E-state index in [0.717, 1.165) is 17.3 Å². The zero-order valence-corrected chi connectivity index (χ0v) is 23.0. The van der Waals surface area contributed by atoms with Gasteiger partial charge in [-0.05, 0) is 0 Å². The van der Waals surface area contributed by atoms with E-state index in [9.17, 15) is 9.59 Å². The maximum absolute atomic E-state index is 13.3. The van der Waals surface area contributed by atoms with Gasteiger partial charge in [0.15, 0.2) is 0 Å². The van der Waals surface area contributed by atoms with Crippen LogP contribution in [-0.2, 0) is 9.53 Å². The van der Waals surface area contributed by atoms with E-state index in [4.69, 9.17) is 4.74 Å². The Morgan fingerprint density at radius 3 is 1.77 bits per heavy atom. The van der Waals surface area contributed by atoms with Crippen LogP contribution in [0.25, 0.3) is 0 Å². The molecular weight excluding hydrogens is 479 g/mol. The van der Waals surface area contributed by atoms with Gasteiger partial charge < -0.3 is 0 Å². The van der Waals surface area contributed by atoms with Crippen molar-refractivity contribution in [3.63, 3.8) is 0 Å². The zero-order valence-electron chi connectivity index (χ0n) is 20.1. The Bertz CT molecular complexity index is 607. The third-order valence-corrected chi connectivity index (χ3v) is 22.9. The van der Waals surface area contributed by atoms with Gasteiger partial charge in [-0.25, -0.2) is 0 Å². The van der Waals surface area contributed by atoms with Gasteiger partial charge in [0, 0.05) is 0 Å². The van der Waals surface area contributed by atoms with Crippen molar-refractivity contribution in [3.05, 3.63) is 35.9 Å². The van der Waals surface area contributed by atoms with Crippen molar-refractivity contribution in [2.75, 3.05) is 0 Å². The van der Waals surface area contributed by atoms with Crippen LogP contribution >= 0.6 is 0 Å². The molecule has 1 unspecified atom stereocenters. The second kappa shape index (κ2) is 14.3. The fourth-order valence-corrected chi connectivity index (χ4v) is 23.5. The summed E-state index contributed by atoms with van der Waals surface area (Å²) in [7, 11) is 0. The predicted octanol–water partition coefficient (Wildman–Crippen LogP) is 8.03. The minimum absolute atomic E-state index is 0.302. The van der Waals surface area contributed by atoms with Crippen LogP contribution < -0.4 is 0 Å². The van der Waals surface area contributed by atoms with E-state index in [-0.39, 0.29) is 5.97 Å². The third-order valence-electron chi connectivity index (χ3n) is 6.44. The van der Waals surface area contributed by atoms with Crippen molar-refractivity contribution in [2.24, 2.45) is 5.41 Å². The number of carbonyl (C=O) groups excluding carboxylic acids is 2. The molecule has 3 nitrogen and oxygen atoms in total. The fourth-order valence-electron chi connectivity index (χ4n) is 4.78. The summed E-state index contributed by atoms with van der Waals surface area (Å²) in [5.74, 6) is -0.817. The Balaban J connectivity index is 3.11. The van der Waals surface area contributed by atoms with Crippen molar-refractivity contribution in [1.82, 2.24) is 0 Å². The van der Waals surface area contributed by atoms with E-state index in [1.807, 2.05) is 6.07 Å². The summed E-state index contributed by atoms with van der Waals surface area (Å²) in [6.07, 6.45) is 9.24. The summed E-state index contributed by atoms with van der Waals surface area (Å²) in [6.45, 7) is 11.0. The van der Waals surface area contributed by atoms with Gasteiger partial charge in [-0.15, -0.1) is 0 Å². The molecule has 0 bridgehead atoms. The molecule has 0 amide bonds. The average Bonchev–Trinajstić information content (AvgIpc) is 2.75. The first-order valence-corrected chi connectivity index (χ1v) is 20.2. The first-order chi connectivity index (χ1) is 14.4. The molecule has 0 aliphatic carbocycles. The molecule has 0 radical (unpaired) electrons. The topological polar surface area (TPSA) is 43.4 Å². The Morgan fingerprint density at radius 1 is 0.833 bits per heavy atom. The molecule has 0 spiro atoms. The summed E-state index contributed by atoms with van der Waals surface area (Å²) in [5, 5.41) is 0. The van der Waals surface area contributed by atoms with Crippen LogP contribution in [0.4, 0.5) is 0 Å². The molecule has 1 aromatic carbocycles. The van der Waals surface area contributed by atoms with Gasteiger partial charge in [-0.1, -0.05) is 0 Å². The van der Waals surface area contributed by atoms with E-state index in [0.29, 0.717) is 5.56 Å². The molecule has 0 fully saturated rings.